The Hall–Kier alpha value is -4.47. The second kappa shape index (κ2) is 9.77. The number of nitrogen functional groups attached to an aromatic ring is 1. The third-order valence-corrected chi connectivity index (χ3v) is 6.43. The van der Waals surface area contributed by atoms with Crippen LogP contribution in [0, 0.1) is 0 Å². The monoisotopic (exact) mass is 513 g/mol. The lowest BCUT2D eigenvalue weighted by Crippen LogP contribution is -2.51. The maximum atomic E-state index is 13.4. The summed E-state index contributed by atoms with van der Waals surface area (Å²) in [7, 11) is 1.88. The van der Waals surface area contributed by atoms with Crippen LogP contribution in [0.5, 0.6) is 0 Å². The third kappa shape index (κ3) is 5.15. The number of piperazine rings is 1. The summed E-state index contributed by atoms with van der Waals surface area (Å²) in [4.78, 5) is 38.2. The number of anilines is 1. The fraction of sp³-hybridized carbons (Fsp3) is 0.321. The second-order valence-electron chi connectivity index (χ2n) is 10.4. The molecule has 0 atom stereocenters. The quantitative estimate of drug-likeness (QED) is 0.440. The molecule has 2 amide bonds. The summed E-state index contributed by atoms with van der Waals surface area (Å²) >= 11 is 0. The molecular formula is C28H31N7O3. The number of carbonyl (C=O) groups excluding carboxylic acids is 2. The molecule has 1 fully saturated rings. The first-order valence-corrected chi connectivity index (χ1v) is 12.5. The van der Waals surface area contributed by atoms with Gasteiger partial charge in [-0.25, -0.2) is 14.8 Å². The van der Waals surface area contributed by atoms with Crippen molar-refractivity contribution in [2.75, 3.05) is 31.9 Å². The number of aryl methyl sites for hydroxylation is 1. The number of amides is 2. The number of aromatic nitrogens is 4. The number of ether oxygens (including phenoxy) is 1. The molecule has 0 aliphatic carbocycles. The minimum absolute atomic E-state index is 0.191. The Morgan fingerprint density at radius 1 is 0.895 bits per heavy atom. The number of rotatable bonds is 3. The van der Waals surface area contributed by atoms with Crippen molar-refractivity contribution in [3.8, 4) is 22.3 Å². The molecule has 5 rings (SSSR count). The zero-order valence-electron chi connectivity index (χ0n) is 22.0. The first kappa shape index (κ1) is 25.2. The molecule has 1 aliphatic rings. The van der Waals surface area contributed by atoms with Gasteiger partial charge in [0, 0.05) is 62.1 Å². The minimum Gasteiger partial charge on any atom is -0.444 e. The van der Waals surface area contributed by atoms with Crippen LogP contribution in [0.3, 0.4) is 0 Å². The summed E-state index contributed by atoms with van der Waals surface area (Å²) in [6.45, 7) is 7.11. The van der Waals surface area contributed by atoms with Gasteiger partial charge in [0.25, 0.3) is 5.91 Å². The van der Waals surface area contributed by atoms with Crippen LogP contribution in [0.1, 0.15) is 31.3 Å². The molecule has 0 saturated carbocycles. The SMILES string of the molecule is Cn1cc(-c2ccc(-c3cnc(N)c4ccc(C(=O)N5CCN(C(=O)OC(C)(C)C)CC5)nc34)cc2)cn1. The van der Waals surface area contributed by atoms with E-state index in [0.29, 0.717) is 48.6 Å². The van der Waals surface area contributed by atoms with Gasteiger partial charge >= 0.3 is 6.09 Å². The number of nitrogens with zero attached hydrogens (tertiary/aromatic N) is 6. The van der Waals surface area contributed by atoms with E-state index in [9.17, 15) is 9.59 Å². The molecule has 0 bridgehead atoms. The molecule has 38 heavy (non-hydrogen) atoms. The highest BCUT2D eigenvalue weighted by atomic mass is 16.6. The van der Waals surface area contributed by atoms with Gasteiger partial charge in [-0.3, -0.25) is 9.48 Å². The lowest BCUT2D eigenvalue weighted by Gasteiger charge is -2.35. The Bertz CT molecular complexity index is 1500. The van der Waals surface area contributed by atoms with E-state index < -0.39 is 5.60 Å². The Balaban J connectivity index is 1.38. The fourth-order valence-corrected chi connectivity index (χ4v) is 4.46. The number of benzene rings is 1. The van der Waals surface area contributed by atoms with Crippen LogP contribution in [0.2, 0.25) is 0 Å². The van der Waals surface area contributed by atoms with Gasteiger partial charge in [0.1, 0.15) is 17.1 Å². The van der Waals surface area contributed by atoms with Gasteiger partial charge < -0.3 is 20.3 Å². The van der Waals surface area contributed by atoms with Crippen LogP contribution in [0.4, 0.5) is 10.6 Å². The van der Waals surface area contributed by atoms with Crippen LogP contribution in [0.15, 0.2) is 55.0 Å². The summed E-state index contributed by atoms with van der Waals surface area (Å²) in [5.74, 6) is 0.164. The highest BCUT2D eigenvalue weighted by Gasteiger charge is 2.28. The Labute approximate surface area is 221 Å². The summed E-state index contributed by atoms with van der Waals surface area (Å²) in [5.41, 5.74) is 10.3. The van der Waals surface area contributed by atoms with Crippen molar-refractivity contribution in [3.05, 3.63) is 60.7 Å². The van der Waals surface area contributed by atoms with Crippen LogP contribution in [-0.4, -0.2) is 73.3 Å². The zero-order chi connectivity index (χ0) is 27.0. The normalized spacial score (nSPS) is 14.1. The van der Waals surface area contributed by atoms with Crippen molar-refractivity contribution < 1.29 is 14.3 Å². The van der Waals surface area contributed by atoms with E-state index in [0.717, 1.165) is 22.3 Å². The Kier molecular flexibility index (Phi) is 6.48. The van der Waals surface area contributed by atoms with Gasteiger partial charge in [-0.15, -0.1) is 0 Å². The van der Waals surface area contributed by atoms with Gasteiger partial charge in [-0.05, 0) is 44.0 Å². The van der Waals surface area contributed by atoms with E-state index in [-0.39, 0.29) is 12.0 Å². The van der Waals surface area contributed by atoms with E-state index in [2.05, 4.69) is 10.1 Å². The highest BCUT2D eigenvalue weighted by molar-refractivity contribution is 6.02. The van der Waals surface area contributed by atoms with Gasteiger partial charge in [0.2, 0.25) is 0 Å². The molecule has 10 nitrogen and oxygen atoms in total. The number of fused-ring (bicyclic) bond motifs is 1. The molecule has 4 aromatic rings. The first-order chi connectivity index (χ1) is 18.1. The van der Waals surface area contributed by atoms with Crippen LogP contribution >= 0.6 is 0 Å². The second-order valence-corrected chi connectivity index (χ2v) is 10.4. The maximum absolute atomic E-state index is 13.4. The van der Waals surface area contributed by atoms with Crippen molar-refractivity contribution in [2.24, 2.45) is 7.05 Å². The predicted octanol–water partition coefficient (Wildman–Crippen LogP) is 3.97. The van der Waals surface area contributed by atoms with Gasteiger partial charge in [-0.2, -0.15) is 5.10 Å². The van der Waals surface area contributed by atoms with E-state index in [4.69, 9.17) is 15.5 Å². The van der Waals surface area contributed by atoms with Gasteiger partial charge in [0.05, 0.1) is 11.7 Å². The molecule has 4 heterocycles. The van der Waals surface area contributed by atoms with E-state index in [1.807, 2.05) is 64.5 Å². The van der Waals surface area contributed by atoms with E-state index in [1.165, 1.54) is 0 Å². The van der Waals surface area contributed by atoms with Gasteiger partial charge in [-0.1, -0.05) is 24.3 Å². The van der Waals surface area contributed by atoms with Crippen molar-refractivity contribution >= 4 is 28.7 Å². The molecule has 10 heteroatoms. The predicted molar refractivity (Wildman–Crippen MR) is 145 cm³/mol. The van der Waals surface area contributed by atoms with Crippen molar-refractivity contribution in [1.29, 1.82) is 0 Å². The fourth-order valence-electron chi connectivity index (χ4n) is 4.46. The first-order valence-electron chi connectivity index (χ1n) is 12.5. The van der Waals surface area contributed by atoms with E-state index in [1.54, 1.807) is 32.8 Å². The number of pyridine rings is 2. The summed E-state index contributed by atoms with van der Waals surface area (Å²) in [5, 5.41) is 4.92. The Morgan fingerprint density at radius 2 is 1.55 bits per heavy atom. The number of carbonyl (C=O) groups is 2. The molecule has 2 N–H and O–H groups in total. The number of nitrogens with two attached hydrogens (primary N) is 1. The average molecular weight is 514 g/mol. The molecule has 1 saturated heterocycles. The van der Waals surface area contributed by atoms with Crippen molar-refractivity contribution in [2.45, 2.75) is 26.4 Å². The number of hydrogen-bond donors (Lipinski definition) is 1. The summed E-state index contributed by atoms with van der Waals surface area (Å²) in [6, 6.07) is 11.5. The maximum Gasteiger partial charge on any atom is 0.410 e. The molecule has 196 valence electrons. The number of hydrogen-bond acceptors (Lipinski definition) is 7. The van der Waals surface area contributed by atoms with Crippen LogP contribution < -0.4 is 5.73 Å². The summed E-state index contributed by atoms with van der Waals surface area (Å²) in [6.07, 6.45) is 5.11. The smallest absolute Gasteiger partial charge is 0.410 e. The van der Waals surface area contributed by atoms with Gasteiger partial charge in [0.15, 0.2) is 0 Å². The van der Waals surface area contributed by atoms with Crippen molar-refractivity contribution in [1.82, 2.24) is 29.5 Å². The topological polar surface area (TPSA) is 119 Å². The molecule has 0 radical (unpaired) electrons. The molecule has 3 aromatic heterocycles. The molecule has 0 unspecified atom stereocenters. The summed E-state index contributed by atoms with van der Waals surface area (Å²) < 4.78 is 7.22. The lowest BCUT2D eigenvalue weighted by atomic mass is 10.0. The van der Waals surface area contributed by atoms with Crippen molar-refractivity contribution in [3.63, 3.8) is 0 Å². The van der Waals surface area contributed by atoms with Crippen LogP contribution in [-0.2, 0) is 11.8 Å². The van der Waals surface area contributed by atoms with E-state index >= 15 is 0 Å². The Morgan fingerprint density at radius 3 is 2.18 bits per heavy atom. The molecule has 0 spiro atoms. The lowest BCUT2D eigenvalue weighted by molar-refractivity contribution is 0.0140. The van der Waals surface area contributed by atoms with Crippen LogP contribution in [0.25, 0.3) is 33.2 Å². The molecule has 1 aliphatic heterocycles. The minimum atomic E-state index is -0.563. The zero-order valence-corrected chi connectivity index (χ0v) is 22.0. The standard InChI is InChI=1S/C28H31N7O3/c1-28(2,3)38-27(37)35-13-11-34(12-14-35)26(36)23-10-9-21-24(32-23)22(16-30-25(21)29)19-7-5-18(6-8-19)20-15-31-33(4)17-20/h5-10,15-17H,11-14H2,1-4H3,(H2,29,30). The highest BCUT2D eigenvalue weighted by Crippen LogP contribution is 2.31. The molecular weight excluding hydrogens is 482 g/mol. The largest absolute Gasteiger partial charge is 0.444 e. The molecule has 1 aromatic carbocycles. The average Bonchev–Trinajstić information content (AvgIpc) is 3.34. The third-order valence-electron chi connectivity index (χ3n) is 6.43.